The fourth-order valence-electron chi connectivity index (χ4n) is 2.35. The number of benzene rings is 1. The van der Waals surface area contributed by atoms with Crippen LogP contribution < -0.4 is 0 Å². The van der Waals surface area contributed by atoms with Crippen molar-refractivity contribution in [2.75, 3.05) is 13.1 Å². The van der Waals surface area contributed by atoms with E-state index >= 15 is 0 Å². The van der Waals surface area contributed by atoms with Gasteiger partial charge in [-0.3, -0.25) is 9.59 Å². The minimum atomic E-state index is -0.564. The maximum atomic E-state index is 12.2. The molecule has 2 rings (SSSR count). The number of hydrogen-bond acceptors (Lipinski definition) is 2. The molecule has 96 valence electrons. The van der Waals surface area contributed by atoms with Gasteiger partial charge in [-0.25, -0.2) is 0 Å². The summed E-state index contributed by atoms with van der Waals surface area (Å²) in [5.74, 6) is -0.666. The molecule has 1 fully saturated rings. The highest BCUT2D eigenvalue weighted by Gasteiger charge is 2.27. The molecule has 1 unspecified atom stereocenters. The number of Topliss-reactive ketones (excluding diaryl/α,β-unsaturated/α-hetero) is 1. The first-order chi connectivity index (χ1) is 8.70. The van der Waals surface area contributed by atoms with E-state index in [1.165, 1.54) is 6.42 Å². The van der Waals surface area contributed by atoms with Crippen molar-refractivity contribution in [2.45, 2.75) is 26.2 Å². The molecule has 3 heteroatoms. The molecular formula is C15H19NO2. The average molecular weight is 245 g/mol. The summed E-state index contributed by atoms with van der Waals surface area (Å²) < 4.78 is 0. The van der Waals surface area contributed by atoms with Crippen LogP contribution in [0.3, 0.4) is 0 Å². The summed E-state index contributed by atoms with van der Waals surface area (Å²) in [7, 11) is 0. The van der Waals surface area contributed by atoms with E-state index in [1.807, 2.05) is 23.1 Å². The van der Waals surface area contributed by atoms with Gasteiger partial charge in [-0.2, -0.15) is 0 Å². The number of carbonyl (C=O) groups is 2. The van der Waals surface area contributed by atoms with E-state index in [1.54, 1.807) is 19.1 Å². The molecule has 0 aliphatic carbocycles. The van der Waals surface area contributed by atoms with E-state index in [0.29, 0.717) is 5.56 Å². The molecule has 0 spiro atoms. The molecule has 0 radical (unpaired) electrons. The SMILES string of the molecule is CC(C(=O)c1ccccc1)C(=O)N1CCCCC1. The van der Waals surface area contributed by atoms with E-state index in [-0.39, 0.29) is 11.7 Å². The molecule has 0 N–H and O–H groups in total. The Morgan fingerprint density at radius 1 is 1.06 bits per heavy atom. The predicted molar refractivity (Wildman–Crippen MR) is 70.4 cm³/mol. The second kappa shape index (κ2) is 5.80. The van der Waals surface area contributed by atoms with Crippen LogP contribution in [0.5, 0.6) is 0 Å². The zero-order valence-corrected chi connectivity index (χ0v) is 10.8. The Morgan fingerprint density at radius 2 is 1.67 bits per heavy atom. The van der Waals surface area contributed by atoms with Crippen LogP contribution >= 0.6 is 0 Å². The van der Waals surface area contributed by atoms with E-state index < -0.39 is 5.92 Å². The van der Waals surface area contributed by atoms with E-state index in [4.69, 9.17) is 0 Å². The summed E-state index contributed by atoms with van der Waals surface area (Å²) >= 11 is 0. The lowest BCUT2D eigenvalue weighted by Crippen LogP contribution is -2.41. The molecule has 0 aromatic heterocycles. The van der Waals surface area contributed by atoms with E-state index in [2.05, 4.69) is 0 Å². The van der Waals surface area contributed by atoms with Crippen LogP contribution in [0.25, 0.3) is 0 Å². The molecule has 1 aliphatic rings. The maximum absolute atomic E-state index is 12.2. The highest BCUT2D eigenvalue weighted by molar-refractivity contribution is 6.09. The molecule has 18 heavy (non-hydrogen) atoms. The lowest BCUT2D eigenvalue weighted by atomic mass is 9.97. The first kappa shape index (κ1) is 12.8. The van der Waals surface area contributed by atoms with E-state index in [0.717, 1.165) is 25.9 Å². The number of nitrogens with zero attached hydrogens (tertiary/aromatic N) is 1. The zero-order valence-electron chi connectivity index (χ0n) is 10.8. The number of likely N-dealkylation sites (tertiary alicyclic amines) is 1. The molecule has 1 aromatic carbocycles. The summed E-state index contributed by atoms with van der Waals surface area (Å²) in [4.78, 5) is 26.2. The first-order valence-corrected chi connectivity index (χ1v) is 6.58. The summed E-state index contributed by atoms with van der Waals surface area (Å²) in [5, 5.41) is 0. The molecule has 1 heterocycles. The molecule has 1 aliphatic heterocycles. The number of hydrogen-bond donors (Lipinski definition) is 0. The van der Waals surface area contributed by atoms with Crippen molar-refractivity contribution >= 4 is 11.7 Å². The van der Waals surface area contributed by atoms with Gasteiger partial charge in [0.25, 0.3) is 0 Å². The number of piperidine rings is 1. The summed E-state index contributed by atoms with van der Waals surface area (Å²) in [5.41, 5.74) is 0.621. The Hall–Kier alpha value is -1.64. The molecule has 1 saturated heterocycles. The zero-order chi connectivity index (χ0) is 13.0. The second-order valence-corrected chi connectivity index (χ2v) is 4.84. The third-order valence-corrected chi connectivity index (χ3v) is 3.49. The van der Waals surface area contributed by atoms with Crippen LogP contribution in [0.15, 0.2) is 30.3 Å². The summed E-state index contributed by atoms with van der Waals surface area (Å²) in [6, 6.07) is 9.05. The Balaban J connectivity index is 2.04. The highest BCUT2D eigenvalue weighted by atomic mass is 16.2. The van der Waals surface area contributed by atoms with Gasteiger partial charge in [-0.15, -0.1) is 0 Å². The lowest BCUT2D eigenvalue weighted by molar-refractivity contribution is -0.134. The molecule has 0 saturated carbocycles. The summed E-state index contributed by atoms with van der Waals surface area (Å²) in [6.07, 6.45) is 3.29. The van der Waals surface area contributed by atoms with Crippen LogP contribution in [-0.2, 0) is 4.79 Å². The van der Waals surface area contributed by atoms with Gasteiger partial charge < -0.3 is 4.90 Å². The quantitative estimate of drug-likeness (QED) is 0.606. The van der Waals surface area contributed by atoms with Crippen molar-refractivity contribution in [3.8, 4) is 0 Å². The van der Waals surface area contributed by atoms with Crippen LogP contribution in [0.2, 0.25) is 0 Å². The molecule has 0 bridgehead atoms. The van der Waals surface area contributed by atoms with Crippen molar-refractivity contribution in [1.29, 1.82) is 0 Å². The van der Waals surface area contributed by atoms with Crippen molar-refractivity contribution in [2.24, 2.45) is 5.92 Å². The van der Waals surface area contributed by atoms with Gasteiger partial charge in [0.05, 0.1) is 5.92 Å². The number of ketones is 1. The Kier molecular flexibility index (Phi) is 4.13. The monoisotopic (exact) mass is 245 g/mol. The van der Waals surface area contributed by atoms with E-state index in [9.17, 15) is 9.59 Å². The Morgan fingerprint density at radius 3 is 2.28 bits per heavy atom. The Labute approximate surface area is 108 Å². The standard InChI is InChI=1S/C15H19NO2/c1-12(14(17)13-8-4-2-5-9-13)15(18)16-10-6-3-7-11-16/h2,4-5,8-9,12H,3,6-7,10-11H2,1H3. The molecule has 1 amide bonds. The topological polar surface area (TPSA) is 37.4 Å². The largest absolute Gasteiger partial charge is 0.342 e. The molecular weight excluding hydrogens is 226 g/mol. The third kappa shape index (κ3) is 2.78. The van der Waals surface area contributed by atoms with Crippen molar-refractivity contribution in [1.82, 2.24) is 4.90 Å². The van der Waals surface area contributed by atoms with Gasteiger partial charge in [0.2, 0.25) is 5.91 Å². The smallest absolute Gasteiger partial charge is 0.233 e. The summed E-state index contributed by atoms with van der Waals surface area (Å²) in [6.45, 7) is 3.31. The fraction of sp³-hybridized carbons (Fsp3) is 0.467. The van der Waals surface area contributed by atoms with Crippen LogP contribution in [0.4, 0.5) is 0 Å². The molecule has 3 nitrogen and oxygen atoms in total. The maximum Gasteiger partial charge on any atom is 0.233 e. The van der Waals surface area contributed by atoms with Gasteiger partial charge in [0.1, 0.15) is 0 Å². The molecule has 1 aromatic rings. The second-order valence-electron chi connectivity index (χ2n) is 4.84. The number of rotatable bonds is 3. The third-order valence-electron chi connectivity index (χ3n) is 3.49. The average Bonchev–Trinajstić information content (AvgIpc) is 2.47. The van der Waals surface area contributed by atoms with Crippen molar-refractivity contribution in [3.63, 3.8) is 0 Å². The normalized spacial score (nSPS) is 17.3. The van der Waals surface area contributed by atoms with Crippen LogP contribution in [0, 0.1) is 5.92 Å². The van der Waals surface area contributed by atoms with Gasteiger partial charge >= 0.3 is 0 Å². The van der Waals surface area contributed by atoms with Crippen molar-refractivity contribution in [3.05, 3.63) is 35.9 Å². The lowest BCUT2D eigenvalue weighted by Gasteiger charge is -2.28. The van der Waals surface area contributed by atoms with Gasteiger partial charge in [-0.05, 0) is 26.2 Å². The van der Waals surface area contributed by atoms with Crippen molar-refractivity contribution < 1.29 is 9.59 Å². The van der Waals surface area contributed by atoms with Gasteiger partial charge in [-0.1, -0.05) is 30.3 Å². The fourth-order valence-corrected chi connectivity index (χ4v) is 2.35. The Bertz CT molecular complexity index is 421. The van der Waals surface area contributed by atoms with Crippen LogP contribution in [0.1, 0.15) is 36.5 Å². The number of amides is 1. The first-order valence-electron chi connectivity index (χ1n) is 6.58. The predicted octanol–water partition coefficient (Wildman–Crippen LogP) is 2.52. The minimum absolute atomic E-state index is 0.0245. The molecule has 1 atom stereocenters. The highest BCUT2D eigenvalue weighted by Crippen LogP contribution is 2.15. The van der Waals surface area contributed by atoms with Gasteiger partial charge in [0.15, 0.2) is 5.78 Å². The minimum Gasteiger partial charge on any atom is -0.342 e. The number of carbonyl (C=O) groups excluding carboxylic acids is 2. The van der Waals surface area contributed by atoms with Gasteiger partial charge in [0, 0.05) is 18.7 Å². The van der Waals surface area contributed by atoms with Crippen LogP contribution in [-0.4, -0.2) is 29.7 Å².